The number of hydrogen-bond acceptors (Lipinski definition) is 3. The van der Waals surface area contributed by atoms with Gasteiger partial charge in [-0.25, -0.2) is 8.42 Å². The van der Waals surface area contributed by atoms with Crippen LogP contribution in [0.1, 0.15) is 11.1 Å². The molecule has 0 aromatic heterocycles. The molecule has 0 fully saturated rings. The number of aryl methyl sites for hydroxylation is 1. The molecule has 15 heavy (non-hydrogen) atoms. The molecule has 1 rings (SSSR count). The van der Waals surface area contributed by atoms with E-state index in [2.05, 4.69) is 0 Å². The third kappa shape index (κ3) is 2.71. The van der Waals surface area contributed by atoms with E-state index in [9.17, 15) is 8.42 Å². The van der Waals surface area contributed by atoms with Gasteiger partial charge in [-0.3, -0.25) is 0 Å². The van der Waals surface area contributed by atoms with Crippen LogP contribution in [0.15, 0.2) is 17.0 Å². The Hall–Kier alpha value is -0.580. The van der Waals surface area contributed by atoms with Crippen molar-refractivity contribution in [1.82, 2.24) is 0 Å². The lowest BCUT2D eigenvalue weighted by molar-refractivity contribution is 0.182. The summed E-state index contributed by atoms with van der Waals surface area (Å²) < 4.78 is 28.1. The number of sulfone groups is 1. The Morgan fingerprint density at radius 1 is 1.40 bits per heavy atom. The molecule has 0 heterocycles. The highest BCUT2D eigenvalue weighted by atomic mass is 35.5. The second-order valence-electron chi connectivity index (χ2n) is 3.38. The van der Waals surface area contributed by atoms with Gasteiger partial charge in [0, 0.05) is 24.0 Å². The fraction of sp³-hybridized carbons (Fsp3) is 0.400. The molecule has 0 aliphatic rings. The first-order valence-corrected chi connectivity index (χ1v) is 6.62. The molecule has 0 spiro atoms. The summed E-state index contributed by atoms with van der Waals surface area (Å²) in [6, 6.07) is 3.37. The van der Waals surface area contributed by atoms with Gasteiger partial charge in [0.15, 0.2) is 9.84 Å². The Morgan fingerprint density at radius 2 is 2.00 bits per heavy atom. The minimum atomic E-state index is -3.27. The van der Waals surface area contributed by atoms with Crippen LogP contribution in [-0.4, -0.2) is 21.8 Å². The lowest BCUT2D eigenvalue weighted by Crippen LogP contribution is -2.06. The maximum absolute atomic E-state index is 11.6. The van der Waals surface area contributed by atoms with Gasteiger partial charge in [-0.1, -0.05) is 17.7 Å². The van der Waals surface area contributed by atoms with Gasteiger partial charge in [0.05, 0.1) is 11.5 Å². The number of methoxy groups -OCH3 is 1. The monoisotopic (exact) mass is 248 g/mol. The largest absolute Gasteiger partial charge is 0.380 e. The highest BCUT2D eigenvalue weighted by Crippen LogP contribution is 2.27. The quantitative estimate of drug-likeness (QED) is 0.824. The number of benzene rings is 1. The van der Waals surface area contributed by atoms with E-state index in [0.29, 0.717) is 16.1 Å². The number of halogens is 1. The van der Waals surface area contributed by atoms with E-state index >= 15 is 0 Å². The zero-order valence-corrected chi connectivity index (χ0v) is 10.4. The van der Waals surface area contributed by atoms with Crippen LogP contribution in [0, 0.1) is 6.92 Å². The van der Waals surface area contributed by atoms with E-state index in [-0.39, 0.29) is 11.5 Å². The van der Waals surface area contributed by atoms with Crippen molar-refractivity contribution in [3.63, 3.8) is 0 Å². The second kappa shape index (κ2) is 4.51. The molecule has 1 aromatic carbocycles. The molecule has 0 amide bonds. The minimum Gasteiger partial charge on any atom is -0.380 e. The van der Waals surface area contributed by atoms with E-state index in [1.807, 2.05) is 0 Å². The van der Waals surface area contributed by atoms with Crippen molar-refractivity contribution < 1.29 is 13.2 Å². The highest BCUT2D eigenvalue weighted by molar-refractivity contribution is 7.90. The molecular weight excluding hydrogens is 236 g/mol. The molecule has 0 N–H and O–H groups in total. The molecule has 0 saturated heterocycles. The maximum atomic E-state index is 11.6. The first-order chi connectivity index (χ1) is 6.88. The van der Waals surface area contributed by atoms with Gasteiger partial charge in [-0.05, 0) is 18.6 Å². The van der Waals surface area contributed by atoms with Crippen LogP contribution in [-0.2, 0) is 21.2 Å². The van der Waals surface area contributed by atoms with Crippen molar-refractivity contribution in [2.45, 2.75) is 18.4 Å². The van der Waals surface area contributed by atoms with Crippen molar-refractivity contribution in [2.24, 2.45) is 0 Å². The molecule has 0 bridgehead atoms. The molecule has 0 saturated carbocycles. The van der Waals surface area contributed by atoms with Gasteiger partial charge in [0.1, 0.15) is 0 Å². The highest BCUT2D eigenvalue weighted by Gasteiger charge is 2.18. The molecule has 0 aliphatic carbocycles. The smallest absolute Gasteiger partial charge is 0.176 e. The summed E-state index contributed by atoms with van der Waals surface area (Å²) in [6.45, 7) is 1.94. The molecule has 0 atom stereocenters. The molecule has 3 nitrogen and oxygen atoms in total. The third-order valence-corrected chi connectivity index (χ3v) is 3.72. The normalized spacial score (nSPS) is 11.7. The van der Waals surface area contributed by atoms with Crippen LogP contribution >= 0.6 is 11.6 Å². The van der Waals surface area contributed by atoms with Crippen molar-refractivity contribution in [2.75, 3.05) is 13.4 Å². The first kappa shape index (κ1) is 12.5. The SMILES string of the molecule is COCc1c(Cl)ccc(C)c1S(C)(=O)=O. The van der Waals surface area contributed by atoms with Crippen molar-refractivity contribution in [3.8, 4) is 0 Å². The predicted octanol–water partition coefficient (Wildman–Crippen LogP) is 2.20. The lowest BCUT2D eigenvalue weighted by atomic mass is 10.1. The fourth-order valence-corrected chi connectivity index (χ4v) is 3.05. The van der Waals surface area contributed by atoms with Crippen molar-refractivity contribution in [1.29, 1.82) is 0 Å². The van der Waals surface area contributed by atoms with E-state index in [0.717, 1.165) is 0 Å². The molecule has 0 radical (unpaired) electrons. The van der Waals surface area contributed by atoms with Gasteiger partial charge in [-0.2, -0.15) is 0 Å². The van der Waals surface area contributed by atoms with Gasteiger partial charge >= 0.3 is 0 Å². The van der Waals surface area contributed by atoms with Crippen LogP contribution in [0.4, 0.5) is 0 Å². The Kier molecular flexibility index (Phi) is 3.76. The maximum Gasteiger partial charge on any atom is 0.176 e. The Morgan fingerprint density at radius 3 is 2.47 bits per heavy atom. The minimum absolute atomic E-state index is 0.197. The fourth-order valence-electron chi connectivity index (χ4n) is 1.52. The molecule has 84 valence electrons. The Balaban J connectivity index is 3.53. The number of hydrogen-bond donors (Lipinski definition) is 0. The molecular formula is C10H13ClO3S. The Labute approximate surface area is 94.9 Å². The van der Waals surface area contributed by atoms with Gasteiger partial charge in [0.2, 0.25) is 0 Å². The average Bonchev–Trinajstić information content (AvgIpc) is 2.09. The topological polar surface area (TPSA) is 43.4 Å². The molecule has 0 aliphatic heterocycles. The molecule has 5 heteroatoms. The third-order valence-electron chi connectivity index (χ3n) is 2.06. The standard InChI is InChI=1S/C10H13ClO3S/c1-7-4-5-9(11)8(6-14-2)10(7)15(3,12)13/h4-5H,6H2,1-3H3. The molecule has 0 unspecified atom stereocenters. The van der Waals surface area contributed by atoms with E-state index in [1.54, 1.807) is 19.1 Å². The van der Waals surface area contributed by atoms with Crippen LogP contribution in [0.25, 0.3) is 0 Å². The Bertz CT molecular complexity index is 466. The average molecular weight is 249 g/mol. The predicted molar refractivity (Wildman–Crippen MR) is 60.0 cm³/mol. The second-order valence-corrected chi connectivity index (χ2v) is 5.74. The summed E-state index contributed by atoms with van der Waals surface area (Å²) in [5, 5.41) is 0.419. The van der Waals surface area contributed by atoms with Gasteiger partial charge < -0.3 is 4.74 Å². The van der Waals surface area contributed by atoms with Crippen LogP contribution < -0.4 is 0 Å². The number of rotatable bonds is 3. The van der Waals surface area contributed by atoms with Gasteiger partial charge in [-0.15, -0.1) is 0 Å². The summed E-state index contributed by atoms with van der Waals surface area (Å²) in [7, 11) is -1.77. The van der Waals surface area contributed by atoms with Crippen LogP contribution in [0.5, 0.6) is 0 Å². The summed E-state index contributed by atoms with van der Waals surface area (Å²) in [5.41, 5.74) is 1.22. The van der Waals surface area contributed by atoms with E-state index < -0.39 is 9.84 Å². The van der Waals surface area contributed by atoms with E-state index in [1.165, 1.54) is 13.4 Å². The van der Waals surface area contributed by atoms with Gasteiger partial charge in [0.25, 0.3) is 0 Å². The van der Waals surface area contributed by atoms with Crippen LogP contribution in [0.3, 0.4) is 0 Å². The first-order valence-electron chi connectivity index (χ1n) is 4.35. The zero-order chi connectivity index (χ0) is 11.6. The summed E-state index contributed by atoms with van der Waals surface area (Å²) in [6.07, 6.45) is 1.17. The summed E-state index contributed by atoms with van der Waals surface area (Å²) in [5.74, 6) is 0. The lowest BCUT2D eigenvalue weighted by Gasteiger charge is -2.11. The van der Waals surface area contributed by atoms with Crippen LogP contribution in [0.2, 0.25) is 5.02 Å². The number of ether oxygens (including phenoxy) is 1. The zero-order valence-electron chi connectivity index (χ0n) is 8.87. The summed E-state index contributed by atoms with van der Waals surface area (Å²) >= 11 is 5.94. The van der Waals surface area contributed by atoms with Crippen molar-refractivity contribution >= 4 is 21.4 Å². The van der Waals surface area contributed by atoms with Crippen molar-refractivity contribution in [3.05, 3.63) is 28.3 Å². The van der Waals surface area contributed by atoms with E-state index in [4.69, 9.17) is 16.3 Å². The summed E-state index contributed by atoms with van der Waals surface area (Å²) in [4.78, 5) is 0.275. The molecule has 1 aromatic rings.